The van der Waals surface area contributed by atoms with Crippen molar-refractivity contribution in [3.63, 3.8) is 0 Å². The number of carbonyl (C=O) groups is 2. The molecule has 3 aliphatic rings. The van der Waals surface area contributed by atoms with Crippen LogP contribution in [0.1, 0.15) is 61.4 Å². The third kappa shape index (κ3) is 5.63. The lowest BCUT2D eigenvalue weighted by Crippen LogP contribution is -2.51. The molecule has 2 atom stereocenters. The highest BCUT2D eigenvalue weighted by Gasteiger charge is 2.37. The molecule has 2 aromatic rings. The molecular weight excluding hydrogens is 504 g/mol. The molecular formula is C27H36N6O4S. The molecule has 11 heteroatoms. The number of hydrogen-bond acceptors (Lipinski definition) is 6. The average molecular weight is 541 g/mol. The first-order valence-corrected chi connectivity index (χ1v) is 14.9. The summed E-state index contributed by atoms with van der Waals surface area (Å²) in [5.41, 5.74) is 3.09. The number of benzene rings is 1. The molecule has 38 heavy (non-hydrogen) atoms. The van der Waals surface area contributed by atoms with Crippen molar-refractivity contribution in [1.29, 1.82) is 0 Å². The number of fused-ring (bicyclic) bond motifs is 1. The standard InChI is InChI=1S/C27H36N6O4S/c1-20-8-10-21(11-9-20)38(36,37)33-15-12-28-27(35)25(33)18-26(34)30-23-6-5-7-24-22(23)19-29-32(24)17-16-31-13-3-2-4-14-31/h8-12,15,19,23,25H,2-7,13-14,16-18H2,1H3,(H,28,35)(H,30,34)/t23-,25?/m1/s1. The van der Waals surface area contributed by atoms with Crippen LogP contribution in [0.5, 0.6) is 0 Å². The topological polar surface area (TPSA) is 117 Å². The molecule has 2 aliphatic heterocycles. The zero-order valence-corrected chi connectivity index (χ0v) is 22.6. The summed E-state index contributed by atoms with van der Waals surface area (Å²) in [6.07, 6.45) is 10.6. The Morgan fingerprint density at radius 3 is 2.63 bits per heavy atom. The molecule has 2 N–H and O–H groups in total. The van der Waals surface area contributed by atoms with Crippen LogP contribution < -0.4 is 10.6 Å². The van der Waals surface area contributed by atoms with Gasteiger partial charge in [0.15, 0.2) is 0 Å². The number of piperidine rings is 1. The van der Waals surface area contributed by atoms with E-state index in [2.05, 4.69) is 25.3 Å². The Morgan fingerprint density at radius 1 is 1.11 bits per heavy atom. The molecule has 204 valence electrons. The average Bonchev–Trinajstić information content (AvgIpc) is 3.33. The number of likely N-dealkylation sites (tertiary alicyclic amines) is 1. The van der Waals surface area contributed by atoms with Crippen LogP contribution in [0.15, 0.2) is 47.8 Å². The lowest BCUT2D eigenvalue weighted by molar-refractivity contribution is -0.129. The zero-order chi connectivity index (χ0) is 26.7. The number of aromatic nitrogens is 2. The maximum absolute atomic E-state index is 13.3. The van der Waals surface area contributed by atoms with Gasteiger partial charge in [0.2, 0.25) is 11.8 Å². The maximum atomic E-state index is 13.3. The summed E-state index contributed by atoms with van der Waals surface area (Å²) in [7, 11) is -4.01. The Balaban J connectivity index is 1.26. The van der Waals surface area contributed by atoms with Crippen LogP contribution in [0.4, 0.5) is 0 Å². The molecule has 1 aromatic carbocycles. The second-order valence-electron chi connectivity index (χ2n) is 10.4. The van der Waals surface area contributed by atoms with Crippen molar-refractivity contribution < 1.29 is 18.0 Å². The second-order valence-corrected chi connectivity index (χ2v) is 12.2. The minimum absolute atomic E-state index is 0.0711. The van der Waals surface area contributed by atoms with Gasteiger partial charge in [-0.05, 0) is 64.3 Å². The number of aryl methyl sites for hydroxylation is 1. The van der Waals surface area contributed by atoms with Crippen molar-refractivity contribution in [3.05, 3.63) is 59.7 Å². The fourth-order valence-electron chi connectivity index (χ4n) is 5.58. The minimum Gasteiger partial charge on any atom is -0.349 e. The molecule has 0 spiro atoms. The number of rotatable bonds is 8. The molecule has 0 bridgehead atoms. The van der Waals surface area contributed by atoms with Gasteiger partial charge in [-0.2, -0.15) is 5.10 Å². The summed E-state index contributed by atoms with van der Waals surface area (Å²) in [4.78, 5) is 28.4. The normalized spacial score (nSPS) is 22.1. The van der Waals surface area contributed by atoms with E-state index in [9.17, 15) is 18.0 Å². The van der Waals surface area contributed by atoms with E-state index < -0.39 is 22.0 Å². The number of amides is 2. The van der Waals surface area contributed by atoms with Crippen molar-refractivity contribution in [2.75, 3.05) is 19.6 Å². The molecule has 1 aromatic heterocycles. The molecule has 1 unspecified atom stereocenters. The van der Waals surface area contributed by atoms with E-state index >= 15 is 0 Å². The van der Waals surface area contributed by atoms with Crippen LogP contribution in [-0.4, -0.2) is 64.9 Å². The van der Waals surface area contributed by atoms with Crippen LogP contribution in [0.2, 0.25) is 0 Å². The quantitative estimate of drug-likeness (QED) is 0.531. The van der Waals surface area contributed by atoms with Crippen LogP contribution in [-0.2, 0) is 32.6 Å². The van der Waals surface area contributed by atoms with Gasteiger partial charge in [0, 0.05) is 30.2 Å². The first-order chi connectivity index (χ1) is 18.3. The summed E-state index contributed by atoms with van der Waals surface area (Å²) >= 11 is 0. The van der Waals surface area contributed by atoms with E-state index in [4.69, 9.17) is 0 Å². The lowest BCUT2D eigenvalue weighted by atomic mass is 9.92. The first kappa shape index (κ1) is 26.4. The number of carbonyl (C=O) groups excluding carboxylic acids is 2. The van der Waals surface area contributed by atoms with E-state index in [1.54, 1.807) is 12.1 Å². The third-order valence-electron chi connectivity index (χ3n) is 7.71. The van der Waals surface area contributed by atoms with Crippen LogP contribution in [0.3, 0.4) is 0 Å². The van der Waals surface area contributed by atoms with Crippen molar-refractivity contribution in [2.24, 2.45) is 0 Å². The summed E-state index contributed by atoms with van der Waals surface area (Å²) < 4.78 is 29.7. The predicted octanol–water partition coefficient (Wildman–Crippen LogP) is 2.22. The largest absolute Gasteiger partial charge is 0.349 e. The van der Waals surface area contributed by atoms with Gasteiger partial charge in [-0.1, -0.05) is 24.1 Å². The molecule has 3 heterocycles. The van der Waals surface area contributed by atoms with Gasteiger partial charge in [0.05, 0.1) is 30.1 Å². The van der Waals surface area contributed by atoms with E-state index in [0.29, 0.717) is 0 Å². The summed E-state index contributed by atoms with van der Waals surface area (Å²) in [6, 6.07) is 5.04. The monoisotopic (exact) mass is 540 g/mol. The van der Waals surface area contributed by atoms with E-state index in [-0.39, 0.29) is 23.3 Å². The molecule has 0 radical (unpaired) electrons. The predicted molar refractivity (Wildman–Crippen MR) is 142 cm³/mol. The van der Waals surface area contributed by atoms with Crippen LogP contribution >= 0.6 is 0 Å². The van der Waals surface area contributed by atoms with E-state index in [1.807, 2.05) is 13.1 Å². The summed E-state index contributed by atoms with van der Waals surface area (Å²) in [5, 5.41) is 10.2. The number of nitrogens with zero attached hydrogens (tertiary/aromatic N) is 4. The number of nitrogens with one attached hydrogen (secondary N) is 2. The molecule has 1 aliphatic carbocycles. The van der Waals surface area contributed by atoms with E-state index in [1.165, 1.54) is 43.8 Å². The van der Waals surface area contributed by atoms with Gasteiger partial charge in [0.1, 0.15) is 6.04 Å². The molecule has 1 saturated heterocycles. The highest BCUT2D eigenvalue weighted by atomic mass is 32.2. The van der Waals surface area contributed by atoms with Crippen molar-refractivity contribution >= 4 is 21.8 Å². The Morgan fingerprint density at radius 2 is 1.87 bits per heavy atom. The Labute approximate surface area is 224 Å². The van der Waals surface area contributed by atoms with Gasteiger partial charge in [-0.25, -0.2) is 8.42 Å². The van der Waals surface area contributed by atoms with Gasteiger partial charge >= 0.3 is 0 Å². The highest BCUT2D eigenvalue weighted by molar-refractivity contribution is 7.89. The fourth-order valence-corrected chi connectivity index (χ4v) is 7.03. The van der Waals surface area contributed by atoms with E-state index in [0.717, 1.165) is 66.6 Å². The third-order valence-corrected chi connectivity index (χ3v) is 9.51. The Hall–Kier alpha value is -3.18. The summed E-state index contributed by atoms with van der Waals surface area (Å²) in [5.74, 6) is -0.906. The van der Waals surface area contributed by atoms with Crippen molar-refractivity contribution in [2.45, 2.75) is 75.4 Å². The second kappa shape index (κ2) is 11.3. The van der Waals surface area contributed by atoms with Crippen molar-refractivity contribution in [3.8, 4) is 0 Å². The SMILES string of the molecule is Cc1ccc(S(=O)(=O)N2C=CNC(=O)C2CC(=O)N[C@@H]2CCCc3c2cnn3CCN2CCCCC2)cc1. The van der Waals surface area contributed by atoms with Crippen LogP contribution in [0.25, 0.3) is 0 Å². The molecule has 2 amide bonds. The zero-order valence-electron chi connectivity index (χ0n) is 21.8. The maximum Gasteiger partial charge on any atom is 0.264 e. The molecule has 0 saturated carbocycles. The lowest BCUT2D eigenvalue weighted by Gasteiger charge is -2.32. The Kier molecular flexibility index (Phi) is 7.85. The van der Waals surface area contributed by atoms with Crippen molar-refractivity contribution in [1.82, 2.24) is 29.6 Å². The van der Waals surface area contributed by atoms with Crippen LogP contribution in [0, 0.1) is 6.92 Å². The molecule has 5 rings (SSSR count). The highest BCUT2D eigenvalue weighted by Crippen LogP contribution is 2.30. The first-order valence-electron chi connectivity index (χ1n) is 13.5. The van der Waals surface area contributed by atoms with Gasteiger partial charge in [-0.3, -0.25) is 18.6 Å². The smallest absolute Gasteiger partial charge is 0.264 e. The number of hydrogen-bond donors (Lipinski definition) is 2. The molecule has 10 nitrogen and oxygen atoms in total. The molecule has 1 fully saturated rings. The van der Waals surface area contributed by atoms with Gasteiger partial charge in [0.25, 0.3) is 10.0 Å². The minimum atomic E-state index is -4.01. The van der Waals surface area contributed by atoms with Gasteiger partial charge in [-0.15, -0.1) is 0 Å². The summed E-state index contributed by atoms with van der Waals surface area (Å²) in [6.45, 7) is 5.95. The van der Waals surface area contributed by atoms with Gasteiger partial charge < -0.3 is 15.5 Å². The fraction of sp³-hybridized carbons (Fsp3) is 0.519. The number of sulfonamides is 1. The Bertz CT molecular complexity index is 1300.